The van der Waals surface area contributed by atoms with Crippen LogP contribution >= 0.6 is 0 Å². The molecule has 1 aliphatic carbocycles. The Hall–Kier alpha value is -1.15. The topological polar surface area (TPSA) is 20.3 Å². The molecule has 1 atom stereocenters. The Morgan fingerprint density at radius 1 is 1.30 bits per heavy atom. The molecular weight excluding hydrogens is 246 g/mol. The third-order valence-electron chi connectivity index (χ3n) is 4.63. The van der Waals surface area contributed by atoms with E-state index in [1.807, 2.05) is 0 Å². The summed E-state index contributed by atoms with van der Waals surface area (Å²) in [5.41, 5.74) is 2.57. The lowest BCUT2D eigenvalue weighted by Crippen LogP contribution is -2.40. The minimum absolute atomic E-state index is 0.119. The molecule has 0 N–H and O–H groups in total. The van der Waals surface area contributed by atoms with E-state index in [0.29, 0.717) is 5.78 Å². The van der Waals surface area contributed by atoms with E-state index in [4.69, 9.17) is 0 Å². The van der Waals surface area contributed by atoms with Crippen molar-refractivity contribution in [1.29, 1.82) is 0 Å². The fourth-order valence-electron chi connectivity index (χ4n) is 3.29. The van der Waals surface area contributed by atoms with Gasteiger partial charge in [0.2, 0.25) is 0 Å². The molecule has 2 rings (SSSR count). The molecule has 1 aliphatic rings. The maximum Gasteiger partial charge on any atom is 0.142 e. The lowest BCUT2D eigenvalue weighted by molar-refractivity contribution is -0.134. The average molecular weight is 273 g/mol. The van der Waals surface area contributed by atoms with E-state index in [2.05, 4.69) is 57.0 Å². The minimum Gasteiger partial charge on any atom is -0.301 e. The molecule has 2 nitrogen and oxygen atoms in total. The second kappa shape index (κ2) is 6.09. The standard InChI is InChI=1S/C18H27NO/c1-14-8-5-6-9-15(14)12-19(4)13-16-10-7-11-18(2,3)17(16)20/h5-6,8-9,16H,7,10-13H2,1-4H3. The summed E-state index contributed by atoms with van der Waals surface area (Å²) in [4.78, 5) is 14.8. The van der Waals surface area contributed by atoms with Gasteiger partial charge in [0.05, 0.1) is 0 Å². The molecule has 0 radical (unpaired) electrons. The maximum absolute atomic E-state index is 12.5. The van der Waals surface area contributed by atoms with Crippen LogP contribution in [0.2, 0.25) is 0 Å². The molecule has 110 valence electrons. The zero-order valence-electron chi connectivity index (χ0n) is 13.3. The van der Waals surface area contributed by atoms with Crippen LogP contribution < -0.4 is 0 Å². The fourth-order valence-corrected chi connectivity index (χ4v) is 3.29. The van der Waals surface area contributed by atoms with Gasteiger partial charge in [-0.15, -0.1) is 0 Å². The number of aryl methyl sites for hydroxylation is 1. The predicted octanol–water partition coefficient (Wildman–Crippen LogP) is 3.82. The molecule has 1 saturated carbocycles. The molecule has 20 heavy (non-hydrogen) atoms. The van der Waals surface area contributed by atoms with Gasteiger partial charge in [0, 0.05) is 24.4 Å². The summed E-state index contributed by atoms with van der Waals surface area (Å²) in [6.45, 7) is 8.16. The summed E-state index contributed by atoms with van der Waals surface area (Å²) in [7, 11) is 2.13. The van der Waals surface area contributed by atoms with Crippen LogP contribution in [0.25, 0.3) is 0 Å². The van der Waals surface area contributed by atoms with Crippen molar-refractivity contribution in [2.75, 3.05) is 13.6 Å². The minimum atomic E-state index is -0.119. The number of carbonyl (C=O) groups is 1. The van der Waals surface area contributed by atoms with E-state index < -0.39 is 0 Å². The molecule has 0 heterocycles. The van der Waals surface area contributed by atoms with Crippen LogP contribution in [0.1, 0.15) is 44.2 Å². The molecule has 2 heteroatoms. The predicted molar refractivity (Wildman–Crippen MR) is 83.6 cm³/mol. The van der Waals surface area contributed by atoms with Gasteiger partial charge in [-0.3, -0.25) is 4.79 Å². The highest BCUT2D eigenvalue weighted by Crippen LogP contribution is 2.35. The maximum atomic E-state index is 12.5. The Morgan fingerprint density at radius 3 is 2.70 bits per heavy atom. The average Bonchev–Trinajstić information content (AvgIpc) is 2.38. The number of rotatable bonds is 4. The van der Waals surface area contributed by atoms with Crippen LogP contribution in [0.5, 0.6) is 0 Å². The first-order valence-electron chi connectivity index (χ1n) is 7.67. The van der Waals surface area contributed by atoms with Gasteiger partial charge in [-0.25, -0.2) is 0 Å². The van der Waals surface area contributed by atoms with Gasteiger partial charge >= 0.3 is 0 Å². The van der Waals surface area contributed by atoms with Gasteiger partial charge in [0.25, 0.3) is 0 Å². The lowest BCUT2D eigenvalue weighted by Gasteiger charge is -2.35. The zero-order chi connectivity index (χ0) is 14.8. The van der Waals surface area contributed by atoms with E-state index in [-0.39, 0.29) is 11.3 Å². The number of ketones is 1. The summed E-state index contributed by atoms with van der Waals surface area (Å²) < 4.78 is 0. The molecule has 1 unspecified atom stereocenters. The Balaban J connectivity index is 1.96. The van der Waals surface area contributed by atoms with Gasteiger partial charge in [0.15, 0.2) is 0 Å². The smallest absolute Gasteiger partial charge is 0.142 e. The first kappa shape index (κ1) is 15.2. The third-order valence-corrected chi connectivity index (χ3v) is 4.63. The van der Waals surface area contributed by atoms with Crippen LogP contribution in [0, 0.1) is 18.3 Å². The summed E-state index contributed by atoms with van der Waals surface area (Å²) >= 11 is 0. The number of hydrogen-bond donors (Lipinski definition) is 0. The van der Waals surface area contributed by atoms with Crippen molar-refractivity contribution in [3.8, 4) is 0 Å². The van der Waals surface area contributed by atoms with Crippen LogP contribution in [0.15, 0.2) is 24.3 Å². The normalized spacial score (nSPS) is 22.2. The molecule has 0 bridgehead atoms. The van der Waals surface area contributed by atoms with E-state index in [1.54, 1.807) is 0 Å². The van der Waals surface area contributed by atoms with Crippen molar-refractivity contribution in [2.45, 2.75) is 46.6 Å². The number of hydrogen-bond acceptors (Lipinski definition) is 2. The van der Waals surface area contributed by atoms with Gasteiger partial charge in [-0.2, -0.15) is 0 Å². The highest BCUT2D eigenvalue weighted by Gasteiger charge is 2.37. The third kappa shape index (κ3) is 3.49. The molecule has 0 aromatic heterocycles. The van der Waals surface area contributed by atoms with E-state index in [0.717, 1.165) is 25.9 Å². The van der Waals surface area contributed by atoms with Crippen LogP contribution in [-0.2, 0) is 11.3 Å². The Labute approximate surface area is 123 Å². The second-order valence-corrected chi connectivity index (χ2v) is 6.96. The molecule has 0 aliphatic heterocycles. The Bertz CT molecular complexity index is 478. The molecule has 0 saturated heterocycles. The molecule has 0 spiro atoms. The summed E-state index contributed by atoms with van der Waals surface area (Å²) in [5.74, 6) is 0.674. The Kier molecular flexibility index (Phi) is 4.64. The summed E-state index contributed by atoms with van der Waals surface area (Å²) in [5, 5.41) is 0. The summed E-state index contributed by atoms with van der Waals surface area (Å²) in [6, 6.07) is 8.49. The van der Waals surface area contributed by atoms with Crippen molar-refractivity contribution in [3.05, 3.63) is 35.4 Å². The van der Waals surface area contributed by atoms with E-state index >= 15 is 0 Å². The second-order valence-electron chi connectivity index (χ2n) is 6.96. The lowest BCUT2D eigenvalue weighted by atomic mass is 9.71. The largest absolute Gasteiger partial charge is 0.301 e. The van der Waals surface area contributed by atoms with Gasteiger partial charge < -0.3 is 4.90 Å². The van der Waals surface area contributed by atoms with Gasteiger partial charge in [-0.05, 0) is 37.9 Å². The van der Waals surface area contributed by atoms with Crippen molar-refractivity contribution in [1.82, 2.24) is 4.90 Å². The molecule has 1 fully saturated rings. The number of nitrogens with zero attached hydrogens (tertiary/aromatic N) is 1. The van der Waals surface area contributed by atoms with Crippen LogP contribution in [0.4, 0.5) is 0 Å². The summed E-state index contributed by atoms with van der Waals surface area (Å²) in [6.07, 6.45) is 3.28. The zero-order valence-corrected chi connectivity index (χ0v) is 13.3. The fraction of sp³-hybridized carbons (Fsp3) is 0.611. The monoisotopic (exact) mass is 273 g/mol. The van der Waals surface area contributed by atoms with Crippen molar-refractivity contribution in [2.24, 2.45) is 11.3 Å². The number of carbonyl (C=O) groups excluding carboxylic acids is 1. The van der Waals surface area contributed by atoms with Crippen LogP contribution in [0.3, 0.4) is 0 Å². The van der Waals surface area contributed by atoms with Gasteiger partial charge in [0.1, 0.15) is 5.78 Å². The van der Waals surface area contributed by atoms with Crippen LogP contribution in [-0.4, -0.2) is 24.3 Å². The Morgan fingerprint density at radius 2 is 2.00 bits per heavy atom. The first-order chi connectivity index (χ1) is 9.40. The molecule has 1 aromatic rings. The molecule has 1 aromatic carbocycles. The van der Waals surface area contributed by atoms with Crippen molar-refractivity contribution >= 4 is 5.78 Å². The first-order valence-corrected chi connectivity index (χ1v) is 7.67. The number of benzene rings is 1. The highest BCUT2D eigenvalue weighted by atomic mass is 16.1. The molecular formula is C18H27NO. The van der Waals surface area contributed by atoms with Gasteiger partial charge in [-0.1, -0.05) is 44.5 Å². The van der Waals surface area contributed by atoms with E-state index in [1.165, 1.54) is 17.5 Å². The highest BCUT2D eigenvalue weighted by molar-refractivity contribution is 5.87. The van der Waals surface area contributed by atoms with Crippen molar-refractivity contribution < 1.29 is 4.79 Å². The number of Topliss-reactive ketones (excluding diaryl/α,β-unsaturated/α-hetero) is 1. The SMILES string of the molecule is Cc1ccccc1CN(C)CC1CCCC(C)(C)C1=O. The molecule has 0 amide bonds. The quantitative estimate of drug-likeness (QED) is 0.831. The van der Waals surface area contributed by atoms with E-state index in [9.17, 15) is 4.79 Å². The van der Waals surface area contributed by atoms with Crippen molar-refractivity contribution in [3.63, 3.8) is 0 Å².